The Morgan fingerprint density at radius 3 is 2.36 bits per heavy atom. The second-order valence-corrected chi connectivity index (χ2v) is 6.38. The maximum absolute atomic E-state index is 6.16. The normalized spacial score (nSPS) is 15.7. The van der Waals surface area contributed by atoms with Crippen molar-refractivity contribution in [2.24, 2.45) is 0 Å². The van der Waals surface area contributed by atoms with Crippen molar-refractivity contribution in [3.8, 4) is 0 Å². The van der Waals surface area contributed by atoms with Crippen LogP contribution in [0, 0.1) is 0 Å². The summed E-state index contributed by atoms with van der Waals surface area (Å²) < 4.78 is 0. The van der Waals surface area contributed by atoms with Crippen LogP contribution in [0.3, 0.4) is 0 Å². The van der Waals surface area contributed by atoms with E-state index in [1.54, 1.807) is 0 Å². The fourth-order valence-corrected chi connectivity index (χ4v) is 1.79. The molecule has 0 saturated carbocycles. The largest absolute Gasteiger partial charge is 0.122 e. The van der Waals surface area contributed by atoms with E-state index in [0.717, 1.165) is 12.8 Å². The maximum Gasteiger partial charge on any atom is 0.0515 e. The summed E-state index contributed by atoms with van der Waals surface area (Å²) in [6, 6.07) is 0. The number of alkyl halides is 4. The van der Waals surface area contributed by atoms with Crippen molar-refractivity contribution in [2.75, 3.05) is 11.8 Å². The predicted molar refractivity (Wildman–Crippen MR) is 71.4 cm³/mol. The van der Waals surface area contributed by atoms with Crippen LogP contribution in [0.25, 0.3) is 0 Å². The summed E-state index contributed by atoms with van der Waals surface area (Å²) in [5.41, 5.74) is 1.19. The standard InChI is InChI=1S/C10H16BrCl3/c1-10(2,14)9(11)4-3-8(7-13)5-6-12/h5,9H,3-4,6-7H2,1-2H3/b8-5-/t9-/m1/s1. The molecule has 4 heteroatoms. The molecule has 0 aliphatic heterocycles. The molecule has 14 heavy (non-hydrogen) atoms. The third-order valence-corrected chi connectivity index (χ3v) is 4.63. The lowest BCUT2D eigenvalue weighted by Gasteiger charge is -2.23. The Bertz CT molecular complexity index is 184. The highest BCUT2D eigenvalue weighted by molar-refractivity contribution is 9.09. The van der Waals surface area contributed by atoms with Gasteiger partial charge in [-0.2, -0.15) is 0 Å². The van der Waals surface area contributed by atoms with Crippen LogP contribution in [0.5, 0.6) is 0 Å². The van der Waals surface area contributed by atoms with Crippen LogP contribution in [0.15, 0.2) is 11.6 Å². The van der Waals surface area contributed by atoms with Crippen LogP contribution in [0.4, 0.5) is 0 Å². The molecule has 0 N–H and O–H groups in total. The van der Waals surface area contributed by atoms with Gasteiger partial charge in [-0.15, -0.1) is 34.8 Å². The van der Waals surface area contributed by atoms with Gasteiger partial charge in [0.25, 0.3) is 0 Å². The van der Waals surface area contributed by atoms with Gasteiger partial charge in [-0.1, -0.05) is 27.6 Å². The van der Waals surface area contributed by atoms with E-state index in [-0.39, 0.29) is 4.87 Å². The van der Waals surface area contributed by atoms with E-state index in [4.69, 9.17) is 34.8 Å². The first-order valence-corrected chi connectivity index (χ1v) is 6.91. The van der Waals surface area contributed by atoms with Crippen molar-refractivity contribution in [3.05, 3.63) is 11.6 Å². The van der Waals surface area contributed by atoms with Gasteiger partial charge in [0, 0.05) is 16.6 Å². The summed E-state index contributed by atoms with van der Waals surface area (Å²) in [4.78, 5) is 0.0666. The van der Waals surface area contributed by atoms with E-state index < -0.39 is 0 Å². The van der Waals surface area contributed by atoms with Gasteiger partial charge in [0.15, 0.2) is 0 Å². The number of hydrogen-bond acceptors (Lipinski definition) is 0. The van der Waals surface area contributed by atoms with Gasteiger partial charge in [0.1, 0.15) is 0 Å². The van der Waals surface area contributed by atoms with Crippen LogP contribution >= 0.6 is 50.7 Å². The van der Waals surface area contributed by atoms with E-state index in [9.17, 15) is 0 Å². The first-order chi connectivity index (χ1) is 6.41. The van der Waals surface area contributed by atoms with Gasteiger partial charge in [-0.25, -0.2) is 0 Å². The second-order valence-electron chi connectivity index (χ2n) is 3.72. The maximum atomic E-state index is 6.16. The average Bonchev–Trinajstić information content (AvgIpc) is 2.10. The minimum absolute atomic E-state index is 0.224. The molecule has 0 aromatic carbocycles. The molecule has 0 fully saturated rings. The molecular formula is C10H16BrCl3. The number of hydrogen-bond donors (Lipinski definition) is 0. The minimum Gasteiger partial charge on any atom is -0.122 e. The lowest BCUT2D eigenvalue weighted by Crippen LogP contribution is -2.24. The lowest BCUT2D eigenvalue weighted by molar-refractivity contribution is 0.616. The Hall–Kier alpha value is 1.09. The Morgan fingerprint density at radius 1 is 1.43 bits per heavy atom. The molecule has 84 valence electrons. The van der Waals surface area contributed by atoms with E-state index >= 15 is 0 Å². The monoisotopic (exact) mass is 320 g/mol. The highest BCUT2D eigenvalue weighted by atomic mass is 79.9. The SMILES string of the molecule is CC(C)(Cl)[C@H](Br)CC/C(=C/CCl)CCl. The summed E-state index contributed by atoms with van der Waals surface area (Å²) in [6.45, 7) is 4.00. The lowest BCUT2D eigenvalue weighted by atomic mass is 10.0. The van der Waals surface area contributed by atoms with Gasteiger partial charge in [-0.05, 0) is 26.7 Å². The highest BCUT2D eigenvalue weighted by Gasteiger charge is 2.23. The van der Waals surface area contributed by atoms with Crippen molar-refractivity contribution in [1.82, 2.24) is 0 Å². The Labute approximate surface area is 110 Å². The molecule has 0 radical (unpaired) electrons. The smallest absolute Gasteiger partial charge is 0.0515 e. The first kappa shape index (κ1) is 15.1. The average molecular weight is 323 g/mol. The van der Waals surface area contributed by atoms with Crippen molar-refractivity contribution >= 4 is 50.7 Å². The third-order valence-electron chi connectivity index (χ3n) is 2.00. The zero-order chi connectivity index (χ0) is 11.2. The number of allylic oxidation sites excluding steroid dienone is 2. The molecule has 0 aromatic rings. The van der Waals surface area contributed by atoms with Crippen molar-refractivity contribution in [1.29, 1.82) is 0 Å². The van der Waals surface area contributed by atoms with Crippen LogP contribution < -0.4 is 0 Å². The summed E-state index contributed by atoms with van der Waals surface area (Å²) in [5.74, 6) is 1.08. The molecule has 0 aliphatic rings. The van der Waals surface area contributed by atoms with Crippen LogP contribution in [0.2, 0.25) is 0 Å². The summed E-state index contributed by atoms with van der Waals surface area (Å²) in [7, 11) is 0. The second kappa shape index (κ2) is 7.38. The van der Waals surface area contributed by atoms with Crippen molar-refractivity contribution in [2.45, 2.75) is 36.4 Å². The molecule has 0 spiro atoms. The van der Waals surface area contributed by atoms with Gasteiger partial charge in [-0.3, -0.25) is 0 Å². The number of halogens is 4. The molecular weight excluding hydrogens is 306 g/mol. The predicted octanol–water partition coefficient (Wildman–Crippen LogP) is 4.95. The van der Waals surface area contributed by atoms with E-state index in [1.807, 2.05) is 19.9 Å². The Kier molecular flexibility index (Phi) is 7.95. The topological polar surface area (TPSA) is 0 Å². The van der Waals surface area contributed by atoms with Crippen LogP contribution in [-0.2, 0) is 0 Å². The minimum atomic E-state index is -0.224. The summed E-state index contributed by atoms with van der Waals surface area (Å²) in [6.07, 6.45) is 3.89. The first-order valence-electron chi connectivity index (χ1n) is 4.54. The molecule has 0 heterocycles. The van der Waals surface area contributed by atoms with Gasteiger partial charge in [0.05, 0.1) is 4.87 Å². The van der Waals surface area contributed by atoms with Gasteiger partial charge >= 0.3 is 0 Å². The van der Waals surface area contributed by atoms with Gasteiger partial charge in [0.2, 0.25) is 0 Å². The molecule has 0 aliphatic carbocycles. The molecule has 0 rings (SSSR count). The Balaban J connectivity index is 3.98. The molecule has 1 atom stereocenters. The quantitative estimate of drug-likeness (QED) is 0.479. The Morgan fingerprint density at radius 2 is 2.00 bits per heavy atom. The highest BCUT2D eigenvalue weighted by Crippen LogP contribution is 2.29. The van der Waals surface area contributed by atoms with Crippen LogP contribution in [-0.4, -0.2) is 21.5 Å². The zero-order valence-corrected chi connectivity index (χ0v) is 12.3. The summed E-state index contributed by atoms with van der Waals surface area (Å²) in [5, 5.41) is 0. The fourth-order valence-electron chi connectivity index (χ4n) is 0.988. The third kappa shape index (κ3) is 6.55. The van der Waals surface area contributed by atoms with E-state index in [1.165, 1.54) is 5.57 Å². The number of rotatable bonds is 6. The molecule has 0 amide bonds. The molecule has 0 aromatic heterocycles. The van der Waals surface area contributed by atoms with Gasteiger partial charge < -0.3 is 0 Å². The molecule has 0 saturated heterocycles. The van der Waals surface area contributed by atoms with E-state index in [2.05, 4.69) is 15.9 Å². The molecule has 0 unspecified atom stereocenters. The van der Waals surface area contributed by atoms with Crippen LogP contribution in [0.1, 0.15) is 26.7 Å². The summed E-state index contributed by atoms with van der Waals surface area (Å²) >= 11 is 21.1. The van der Waals surface area contributed by atoms with Crippen molar-refractivity contribution in [3.63, 3.8) is 0 Å². The zero-order valence-electron chi connectivity index (χ0n) is 8.49. The molecule has 0 nitrogen and oxygen atoms in total. The fraction of sp³-hybridized carbons (Fsp3) is 0.800. The van der Waals surface area contributed by atoms with Crippen molar-refractivity contribution < 1.29 is 0 Å². The van der Waals surface area contributed by atoms with E-state index in [0.29, 0.717) is 16.6 Å². The molecule has 0 bridgehead atoms.